The second-order valence-corrected chi connectivity index (χ2v) is 4.67. The van der Waals surface area contributed by atoms with Crippen LogP contribution in [0.1, 0.15) is 23.9 Å². The maximum atomic E-state index is 6.10. The first-order valence-corrected chi connectivity index (χ1v) is 6.60. The Balaban J connectivity index is 1.64. The molecule has 2 heterocycles. The minimum atomic E-state index is -0.244. The van der Waals surface area contributed by atoms with Gasteiger partial charge in [-0.2, -0.15) is 4.98 Å². The summed E-state index contributed by atoms with van der Waals surface area (Å²) in [6.45, 7) is 0. The number of aromatic nitrogens is 3. The molecule has 1 aromatic carbocycles. The van der Waals surface area contributed by atoms with Crippen molar-refractivity contribution in [3.63, 3.8) is 0 Å². The number of rotatable bonds is 5. The van der Waals surface area contributed by atoms with Gasteiger partial charge in [0.25, 0.3) is 0 Å². The van der Waals surface area contributed by atoms with E-state index in [1.165, 1.54) is 5.56 Å². The second kappa shape index (κ2) is 5.71. The Morgan fingerprint density at radius 2 is 2.00 bits per heavy atom. The lowest BCUT2D eigenvalue weighted by molar-refractivity contribution is 0.349. The molecular weight excluding hydrogens is 252 g/mol. The Morgan fingerprint density at radius 3 is 2.75 bits per heavy atom. The number of aromatic amines is 1. The van der Waals surface area contributed by atoms with E-state index in [0.717, 1.165) is 18.5 Å². The zero-order chi connectivity index (χ0) is 13.8. The van der Waals surface area contributed by atoms with Crippen molar-refractivity contribution in [2.75, 3.05) is 0 Å². The van der Waals surface area contributed by atoms with Crippen molar-refractivity contribution in [3.05, 3.63) is 60.1 Å². The molecule has 1 atom stereocenters. The Morgan fingerprint density at radius 1 is 1.15 bits per heavy atom. The van der Waals surface area contributed by atoms with Gasteiger partial charge in [0.1, 0.15) is 0 Å². The molecule has 0 saturated carbocycles. The molecule has 1 unspecified atom stereocenters. The van der Waals surface area contributed by atoms with E-state index in [-0.39, 0.29) is 6.04 Å². The number of nitrogens with two attached hydrogens (primary N) is 1. The summed E-state index contributed by atoms with van der Waals surface area (Å²) in [5.41, 5.74) is 8.19. The van der Waals surface area contributed by atoms with E-state index in [4.69, 9.17) is 10.3 Å². The van der Waals surface area contributed by atoms with Crippen molar-refractivity contribution in [1.29, 1.82) is 0 Å². The lowest BCUT2D eigenvalue weighted by Crippen LogP contribution is -2.11. The van der Waals surface area contributed by atoms with E-state index in [1.54, 1.807) is 0 Å². The minimum Gasteiger partial charge on any atom is -0.359 e. The first kappa shape index (κ1) is 12.6. The van der Waals surface area contributed by atoms with E-state index in [0.29, 0.717) is 11.7 Å². The molecule has 0 aliphatic heterocycles. The predicted molar refractivity (Wildman–Crippen MR) is 75.8 cm³/mol. The Bertz CT molecular complexity index is 646. The molecule has 0 aliphatic carbocycles. The van der Waals surface area contributed by atoms with Crippen LogP contribution in [0.25, 0.3) is 11.5 Å². The normalized spacial score (nSPS) is 12.4. The molecule has 3 rings (SSSR count). The molecule has 0 bridgehead atoms. The lowest BCUT2D eigenvalue weighted by atomic mass is 10.1. The molecule has 2 aromatic heterocycles. The summed E-state index contributed by atoms with van der Waals surface area (Å²) in [5, 5.41) is 3.94. The fourth-order valence-electron chi connectivity index (χ4n) is 2.05. The van der Waals surface area contributed by atoms with Crippen LogP contribution < -0.4 is 5.73 Å². The van der Waals surface area contributed by atoms with Gasteiger partial charge in [0, 0.05) is 6.20 Å². The summed E-state index contributed by atoms with van der Waals surface area (Å²) in [5.74, 6) is 1.02. The topological polar surface area (TPSA) is 80.7 Å². The molecule has 0 radical (unpaired) electrons. The van der Waals surface area contributed by atoms with Crippen LogP contribution in [0.3, 0.4) is 0 Å². The summed E-state index contributed by atoms with van der Waals surface area (Å²) >= 11 is 0. The van der Waals surface area contributed by atoms with Crippen molar-refractivity contribution in [2.24, 2.45) is 5.73 Å². The van der Waals surface area contributed by atoms with Crippen LogP contribution in [0.4, 0.5) is 0 Å². The minimum absolute atomic E-state index is 0.244. The van der Waals surface area contributed by atoms with Crippen LogP contribution in [0.15, 0.2) is 53.2 Å². The highest BCUT2D eigenvalue weighted by Crippen LogP contribution is 2.19. The number of hydrogen-bond donors (Lipinski definition) is 2. The molecule has 0 fully saturated rings. The van der Waals surface area contributed by atoms with Gasteiger partial charge < -0.3 is 15.2 Å². The third-order valence-electron chi connectivity index (χ3n) is 3.18. The van der Waals surface area contributed by atoms with Crippen molar-refractivity contribution in [2.45, 2.75) is 18.9 Å². The van der Waals surface area contributed by atoms with Crippen LogP contribution in [0, 0.1) is 0 Å². The zero-order valence-electron chi connectivity index (χ0n) is 11.0. The van der Waals surface area contributed by atoms with Gasteiger partial charge in [-0.05, 0) is 30.5 Å². The molecule has 0 saturated heterocycles. The largest absolute Gasteiger partial charge is 0.359 e. The first-order valence-electron chi connectivity index (χ1n) is 6.60. The fraction of sp³-hybridized carbons (Fsp3) is 0.200. The van der Waals surface area contributed by atoms with Gasteiger partial charge in [0.05, 0.1) is 11.7 Å². The molecule has 0 aliphatic rings. The Labute approximate surface area is 116 Å². The van der Waals surface area contributed by atoms with Gasteiger partial charge >= 0.3 is 0 Å². The summed E-state index contributed by atoms with van der Waals surface area (Å²) in [4.78, 5) is 7.37. The fourth-order valence-corrected chi connectivity index (χ4v) is 2.05. The van der Waals surface area contributed by atoms with Crippen LogP contribution in [-0.4, -0.2) is 15.1 Å². The average molecular weight is 268 g/mol. The van der Waals surface area contributed by atoms with Crippen molar-refractivity contribution in [3.8, 4) is 11.5 Å². The first-order chi connectivity index (χ1) is 9.83. The Hall–Kier alpha value is -2.40. The monoisotopic (exact) mass is 268 g/mol. The van der Waals surface area contributed by atoms with Gasteiger partial charge in [0.15, 0.2) is 0 Å². The second-order valence-electron chi connectivity index (χ2n) is 4.67. The molecular formula is C15H16N4O. The standard InChI is InChI=1S/C15H16N4O/c16-12(9-8-11-5-2-1-3-6-11)15-18-14(19-20-15)13-7-4-10-17-13/h1-7,10,12,17H,8-9,16H2. The van der Waals surface area contributed by atoms with Crippen LogP contribution in [0.2, 0.25) is 0 Å². The van der Waals surface area contributed by atoms with Crippen LogP contribution in [-0.2, 0) is 6.42 Å². The third kappa shape index (κ3) is 2.78. The van der Waals surface area contributed by atoms with Crippen molar-refractivity contribution < 1.29 is 4.52 Å². The molecule has 0 amide bonds. The number of nitrogens with zero attached hydrogens (tertiary/aromatic N) is 2. The van der Waals surface area contributed by atoms with E-state index in [9.17, 15) is 0 Å². The molecule has 3 aromatic rings. The highest BCUT2D eigenvalue weighted by Gasteiger charge is 2.15. The summed E-state index contributed by atoms with van der Waals surface area (Å²) in [6, 6.07) is 13.8. The predicted octanol–water partition coefficient (Wildman–Crippen LogP) is 2.70. The maximum absolute atomic E-state index is 6.10. The van der Waals surface area contributed by atoms with Crippen molar-refractivity contribution >= 4 is 0 Å². The van der Waals surface area contributed by atoms with Gasteiger partial charge in [-0.3, -0.25) is 0 Å². The SMILES string of the molecule is NC(CCc1ccccc1)c1nc(-c2ccc[nH]2)no1. The molecule has 20 heavy (non-hydrogen) atoms. The van der Waals surface area contributed by atoms with Crippen LogP contribution >= 0.6 is 0 Å². The molecule has 0 spiro atoms. The average Bonchev–Trinajstić information content (AvgIpc) is 3.16. The summed E-state index contributed by atoms with van der Waals surface area (Å²) in [7, 11) is 0. The number of hydrogen-bond acceptors (Lipinski definition) is 4. The third-order valence-corrected chi connectivity index (χ3v) is 3.18. The smallest absolute Gasteiger partial charge is 0.243 e. The molecule has 5 heteroatoms. The van der Waals surface area contributed by atoms with Gasteiger partial charge in [-0.25, -0.2) is 0 Å². The zero-order valence-corrected chi connectivity index (χ0v) is 11.0. The summed E-state index contributed by atoms with van der Waals surface area (Å²) < 4.78 is 5.23. The highest BCUT2D eigenvalue weighted by molar-refractivity contribution is 5.47. The van der Waals surface area contributed by atoms with Gasteiger partial charge in [-0.1, -0.05) is 35.5 Å². The number of aryl methyl sites for hydroxylation is 1. The number of H-pyrrole nitrogens is 1. The van der Waals surface area contributed by atoms with Crippen LogP contribution in [0.5, 0.6) is 0 Å². The quantitative estimate of drug-likeness (QED) is 0.745. The van der Waals surface area contributed by atoms with Gasteiger partial charge in [0.2, 0.25) is 11.7 Å². The maximum Gasteiger partial charge on any atom is 0.243 e. The van der Waals surface area contributed by atoms with Gasteiger partial charge in [-0.15, -0.1) is 0 Å². The number of nitrogens with one attached hydrogen (secondary N) is 1. The van der Waals surface area contributed by atoms with E-state index >= 15 is 0 Å². The van der Waals surface area contributed by atoms with E-state index in [1.807, 2.05) is 36.5 Å². The lowest BCUT2D eigenvalue weighted by Gasteiger charge is -2.06. The molecule has 102 valence electrons. The molecule has 5 nitrogen and oxygen atoms in total. The van der Waals surface area contributed by atoms with E-state index < -0.39 is 0 Å². The van der Waals surface area contributed by atoms with E-state index in [2.05, 4.69) is 27.3 Å². The summed E-state index contributed by atoms with van der Waals surface area (Å²) in [6.07, 6.45) is 3.49. The number of benzene rings is 1. The highest BCUT2D eigenvalue weighted by atomic mass is 16.5. The molecule has 3 N–H and O–H groups in total. The van der Waals surface area contributed by atoms with Crippen molar-refractivity contribution in [1.82, 2.24) is 15.1 Å². The Kier molecular flexibility index (Phi) is 3.60.